The van der Waals surface area contributed by atoms with Crippen LogP contribution in [0.15, 0.2) is 66.7 Å². The molecule has 1 N–H and O–H groups in total. The number of carbonyl (C=O) groups is 1. The normalized spacial score (nSPS) is 18.8. The van der Waals surface area contributed by atoms with Gasteiger partial charge < -0.3 is 24.4 Å². The van der Waals surface area contributed by atoms with Gasteiger partial charge in [0.05, 0.1) is 24.3 Å². The average molecular weight is 789 g/mol. The van der Waals surface area contributed by atoms with Gasteiger partial charge in [-0.1, -0.05) is 41.9 Å². The van der Waals surface area contributed by atoms with Crippen LogP contribution in [-0.4, -0.2) is 49.1 Å². The van der Waals surface area contributed by atoms with Crippen molar-refractivity contribution in [1.82, 2.24) is 10.2 Å². The molecule has 0 bridgehead atoms. The van der Waals surface area contributed by atoms with E-state index in [4.69, 9.17) is 32.4 Å². The molecule has 1 saturated carbocycles. The Morgan fingerprint density at radius 1 is 1.02 bits per heavy atom. The summed E-state index contributed by atoms with van der Waals surface area (Å²) >= 11 is 6.95. The first-order valence-electron chi connectivity index (χ1n) is 20.1. The number of benzene rings is 4. The lowest BCUT2D eigenvalue weighted by molar-refractivity contribution is -0.117. The number of fused-ring (bicyclic) bond motifs is 1. The number of nitrogens with one attached hydrogen (secondary N) is 1. The van der Waals surface area contributed by atoms with Gasteiger partial charge in [0.1, 0.15) is 41.4 Å². The fourth-order valence-corrected chi connectivity index (χ4v) is 8.61. The van der Waals surface area contributed by atoms with Crippen LogP contribution in [-0.2, 0) is 24.4 Å². The van der Waals surface area contributed by atoms with E-state index in [1.54, 1.807) is 25.1 Å². The standard InChI is InChI=1S/C47H50ClFN4O4/c1-31-38(7-5-10-43(31)55-20-6-17-53-18-15-47(2,49)16-19-53)39-8-4-9-41-40(39)13-14-44(41)57-46-26-45(56-30-34-21-33(27-50)22-36(23-34)51-3)35(25-42(46)48)29-52-28-32-11-12-37(54)24-32/h4-5,7-10,21-23,25-26,32,44,52H,6,11-20,24,28-30H2,1-2H3/t32-,44-/m0/s1. The van der Waals surface area contributed by atoms with Gasteiger partial charge in [-0.3, -0.25) is 4.79 Å². The van der Waals surface area contributed by atoms with E-state index >= 15 is 0 Å². The number of hydrogen-bond acceptors (Lipinski definition) is 7. The summed E-state index contributed by atoms with van der Waals surface area (Å²) in [6.45, 7) is 15.7. The van der Waals surface area contributed by atoms with Gasteiger partial charge in [-0.15, -0.1) is 0 Å². The number of halogens is 2. The first-order valence-corrected chi connectivity index (χ1v) is 20.5. The van der Waals surface area contributed by atoms with E-state index < -0.39 is 5.67 Å². The molecule has 0 unspecified atom stereocenters. The molecule has 296 valence electrons. The second kappa shape index (κ2) is 18.1. The first kappa shape index (κ1) is 40.3. The molecule has 0 aromatic heterocycles. The largest absolute Gasteiger partial charge is 0.493 e. The Bertz CT molecular complexity index is 2150. The van der Waals surface area contributed by atoms with E-state index in [1.807, 2.05) is 18.2 Å². The number of likely N-dealkylation sites (tertiary alicyclic amines) is 1. The Balaban J connectivity index is 1.06. The maximum atomic E-state index is 14.2. The molecular weight excluding hydrogens is 739 g/mol. The van der Waals surface area contributed by atoms with Gasteiger partial charge in [-0.05, 0) is 129 Å². The summed E-state index contributed by atoms with van der Waals surface area (Å²) in [6, 6.07) is 23.5. The van der Waals surface area contributed by atoms with Crippen LogP contribution < -0.4 is 19.5 Å². The van der Waals surface area contributed by atoms with Crippen LogP contribution in [0.5, 0.6) is 17.2 Å². The number of nitriles is 1. The molecule has 2 aliphatic carbocycles. The summed E-state index contributed by atoms with van der Waals surface area (Å²) in [6.07, 6.45) is 5.63. The highest BCUT2D eigenvalue weighted by atomic mass is 35.5. The van der Waals surface area contributed by atoms with Gasteiger partial charge in [0.25, 0.3) is 0 Å². The average Bonchev–Trinajstić information content (AvgIpc) is 3.83. The molecule has 0 amide bonds. The van der Waals surface area contributed by atoms with Crippen LogP contribution in [0.25, 0.3) is 16.0 Å². The third kappa shape index (κ3) is 9.97. The van der Waals surface area contributed by atoms with Crippen molar-refractivity contribution in [1.29, 1.82) is 5.26 Å². The quantitative estimate of drug-likeness (QED) is 0.0948. The Labute approximate surface area is 340 Å². The maximum Gasteiger partial charge on any atom is 0.188 e. The zero-order valence-corrected chi connectivity index (χ0v) is 33.6. The Hall–Kier alpha value is -4.93. The molecule has 4 aromatic carbocycles. The molecule has 2 atom stereocenters. The van der Waals surface area contributed by atoms with Gasteiger partial charge in [0.15, 0.2) is 5.69 Å². The van der Waals surface area contributed by atoms with Crippen LogP contribution in [0, 0.1) is 30.7 Å². The van der Waals surface area contributed by atoms with Gasteiger partial charge in [-0.25, -0.2) is 9.24 Å². The molecule has 1 saturated heterocycles. The molecule has 7 rings (SSSR count). The molecule has 8 nitrogen and oxygen atoms in total. The molecule has 0 spiro atoms. The molecule has 1 heterocycles. The number of Topliss-reactive ketones (excluding diaryl/α,β-unsaturated/α-hetero) is 1. The minimum atomic E-state index is -1.04. The fraction of sp³-hybridized carbons (Fsp3) is 0.426. The van der Waals surface area contributed by atoms with Gasteiger partial charge in [-0.2, -0.15) is 5.26 Å². The molecule has 10 heteroatoms. The smallest absolute Gasteiger partial charge is 0.188 e. The van der Waals surface area contributed by atoms with Crippen molar-refractivity contribution in [3.05, 3.63) is 117 Å². The maximum absolute atomic E-state index is 14.2. The number of carbonyl (C=O) groups excluding carboxylic acids is 1. The predicted octanol–water partition coefficient (Wildman–Crippen LogP) is 10.4. The second-order valence-electron chi connectivity index (χ2n) is 16.0. The van der Waals surface area contributed by atoms with Crippen molar-refractivity contribution in [3.63, 3.8) is 0 Å². The number of ether oxygens (including phenoxy) is 3. The van der Waals surface area contributed by atoms with E-state index in [0.29, 0.717) is 83.9 Å². The van der Waals surface area contributed by atoms with E-state index in [0.717, 1.165) is 79.9 Å². The van der Waals surface area contributed by atoms with Gasteiger partial charge >= 0.3 is 0 Å². The van der Waals surface area contributed by atoms with Crippen LogP contribution in [0.2, 0.25) is 5.02 Å². The lowest BCUT2D eigenvalue weighted by atomic mass is 9.93. The van der Waals surface area contributed by atoms with E-state index in [-0.39, 0.29) is 12.7 Å². The number of nitrogens with zero attached hydrogens (tertiary/aromatic N) is 3. The molecule has 0 radical (unpaired) electrons. The van der Waals surface area contributed by atoms with Crippen molar-refractivity contribution >= 4 is 23.1 Å². The van der Waals surface area contributed by atoms with Gasteiger partial charge in [0, 0.05) is 56.2 Å². The first-order chi connectivity index (χ1) is 27.6. The van der Waals surface area contributed by atoms with Crippen molar-refractivity contribution in [2.24, 2.45) is 5.92 Å². The number of alkyl halides is 1. The summed E-state index contributed by atoms with van der Waals surface area (Å²) in [5.74, 6) is 2.62. The molecule has 1 aliphatic heterocycles. The summed E-state index contributed by atoms with van der Waals surface area (Å²) in [5.41, 5.74) is 7.09. The summed E-state index contributed by atoms with van der Waals surface area (Å²) < 4.78 is 33.7. The molecule has 3 aliphatic rings. The molecular formula is C47H50ClFN4O4. The van der Waals surface area contributed by atoms with Crippen LogP contribution in [0.4, 0.5) is 10.1 Å². The van der Waals surface area contributed by atoms with Crippen LogP contribution in [0.3, 0.4) is 0 Å². The van der Waals surface area contributed by atoms with Crippen molar-refractivity contribution in [3.8, 4) is 34.4 Å². The van der Waals surface area contributed by atoms with Crippen LogP contribution >= 0.6 is 11.6 Å². The predicted molar refractivity (Wildman–Crippen MR) is 221 cm³/mol. The Morgan fingerprint density at radius 2 is 1.82 bits per heavy atom. The molecule has 57 heavy (non-hydrogen) atoms. The summed E-state index contributed by atoms with van der Waals surface area (Å²) in [5, 5.41) is 13.5. The lowest BCUT2D eigenvalue weighted by Gasteiger charge is -2.34. The third-order valence-corrected chi connectivity index (χ3v) is 12.0. The second-order valence-corrected chi connectivity index (χ2v) is 16.4. The SMILES string of the molecule is [C-]#[N+]c1cc(C#N)cc(COc2cc(O[C@H]3CCc4c(-c5cccc(OCCCN6CCC(C)(F)CC6)c5C)cccc43)c(Cl)cc2CNC[C@H]2CCC(=O)C2)c1. The zero-order valence-electron chi connectivity index (χ0n) is 32.8. The zero-order chi connectivity index (χ0) is 39.9. The monoisotopic (exact) mass is 788 g/mol. The summed E-state index contributed by atoms with van der Waals surface area (Å²) in [4.78, 5) is 17.7. The van der Waals surface area contributed by atoms with Crippen molar-refractivity contribution in [2.45, 2.75) is 90.1 Å². The molecule has 2 fully saturated rings. The fourth-order valence-electron chi connectivity index (χ4n) is 8.38. The van der Waals surface area contributed by atoms with E-state index in [1.165, 1.54) is 11.1 Å². The minimum absolute atomic E-state index is 0.152. The van der Waals surface area contributed by atoms with E-state index in [2.05, 4.69) is 58.4 Å². The third-order valence-electron chi connectivity index (χ3n) is 11.7. The Morgan fingerprint density at radius 3 is 2.60 bits per heavy atom. The van der Waals surface area contributed by atoms with Gasteiger partial charge in [0.2, 0.25) is 0 Å². The van der Waals surface area contributed by atoms with Crippen molar-refractivity contribution < 1.29 is 23.4 Å². The van der Waals surface area contributed by atoms with Crippen molar-refractivity contribution in [2.75, 3.05) is 32.8 Å². The highest BCUT2D eigenvalue weighted by molar-refractivity contribution is 6.32. The number of ketones is 1. The highest BCUT2D eigenvalue weighted by Crippen LogP contribution is 2.44. The number of rotatable bonds is 15. The minimum Gasteiger partial charge on any atom is -0.493 e. The molecule has 4 aromatic rings. The lowest BCUT2D eigenvalue weighted by Crippen LogP contribution is -2.40. The van der Waals surface area contributed by atoms with E-state index in [9.17, 15) is 14.4 Å². The highest BCUT2D eigenvalue weighted by Gasteiger charge is 2.30. The number of hydrogen-bond donors (Lipinski definition) is 1. The number of piperidine rings is 1. The summed E-state index contributed by atoms with van der Waals surface area (Å²) in [7, 11) is 0. The van der Waals surface area contributed by atoms with Crippen LogP contribution in [0.1, 0.15) is 91.4 Å². The topological polar surface area (TPSA) is 88.2 Å². The Kier molecular flexibility index (Phi) is 12.8.